The number of aryl methyl sites for hydroxylation is 3. The van der Waals surface area contributed by atoms with E-state index in [1.54, 1.807) is 19.2 Å². The molecule has 234 valence electrons. The maximum absolute atomic E-state index is 13.8. The van der Waals surface area contributed by atoms with Crippen molar-refractivity contribution in [2.24, 2.45) is 12.2 Å². The number of hydrogen-bond donors (Lipinski definition) is 3. The van der Waals surface area contributed by atoms with E-state index in [1.807, 2.05) is 88.4 Å². The van der Waals surface area contributed by atoms with E-state index >= 15 is 0 Å². The molecule has 0 saturated carbocycles. The number of halogens is 1. The zero-order valence-corrected chi connectivity index (χ0v) is 26.9. The van der Waals surface area contributed by atoms with E-state index in [4.69, 9.17) is 17.1 Å². The average molecular weight is 636 g/mol. The first-order valence-corrected chi connectivity index (χ1v) is 15.0. The van der Waals surface area contributed by atoms with Gasteiger partial charge in [0.15, 0.2) is 0 Å². The fourth-order valence-electron chi connectivity index (χ4n) is 5.34. The van der Waals surface area contributed by atoms with E-state index in [1.165, 1.54) is 10.9 Å². The van der Waals surface area contributed by atoms with Gasteiger partial charge in [0.2, 0.25) is 5.91 Å². The van der Waals surface area contributed by atoms with Crippen molar-refractivity contribution in [1.29, 1.82) is 0 Å². The first-order valence-electron chi connectivity index (χ1n) is 14.6. The molecule has 1 atom stereocenters. The minimum absolute atomic E-state index is 0.123. The molecular weight excluding hydrogens is 602 g/mol. The maximum atomic E-state index is 13.8. The highest BCUT2D eigenvalue weighted by Gasteiger charge is 2.25. The maximum Gasteiger partial charge on any atom is 0.270 e. The van der Waals surface area contributed by atoms with Gasteiger partial charge in [0.1, 0.15) is 11.7 Å². The van der Waals surface area contributed by atoms with Crippen molar-refractivity contribution in [1.82, 2.24) is 25.3 Å². The number of azide groups is 1. The number of benzene rings is 3. The second-order valence-corrected chi connectivity index (χ2v) is 12.0. The molecule has 0 aliphatic heterocycles. The summed E-state index contributed by atoms with van der Waals surface area (Å²) in [6.07, 6.45) is 1.64. The highest BCUT2D eigenvalue weighted by Crippen LogP contribution is 2.32. The van der Waals surface area contributed by atoms with Crippen LogP contribution in [0.5, 0.6) is 0 Å². The van der Waals surface area contributed by atoms with Gasteiger partial charge in [-0.3, -0.25) is 19.4 Å². The zero-order valence-electron chi connectivity index (χ0n) is 26.2. The fourth-order valence-corrected chi connectivity index (χ4v) is 5.54. The molecule has 0 saturated heterocycles. The molecule has 2 heterocycles. The molecule has 5 aromatic rings. The van der Waals surface area contributed by atoms with Crippen LogP contribution in [0.25, 0.3) is 32.7 Å². The summed E-state index contributed by atoms with van der Waals surface area (Å²) in [5, 5.41) is 21.6. The van der Waals surface area contributed by atoms with Gasteiger partial charge in [0, 0.05) is 46.5 Å². The van der Waals surface area contributed by atoms with E-state index in [0.29, 0.717) is 22.0 Å². The number of rotatable bonds is 10. The topological polar surface area (TPSA) is 153 Å². The zero-order chi connectivity index (χ0) is 33.0. The standard InChI is InChI=1S/C34H34ClN9O2/c1-20-31(21(2)41-40-20)22-9-12-27(13-10-22)38-32(45)29(39-33(46)30-15-16-37-44(30)5)19-25-17-24(11-14-28(25)35)23-7-6-8-26(18-23)34(3,4)42-43-36/h6-18,29H,19H2,1-5H3,(H,38,45)(H,39,46)(H,40,41). The third-order valence-corrected chi connectivity index (χ3v) is 8.28. The van der Waals surface area contributed by atoms with Crippen LogP contribution in [-0.2, 0) is 23.8 Å². The smallest absolute Gasteiger partial charge is 0.270 e. The van der Waals surface area contributed by atoms with Crippen molar-refractivity contribution in [3.05, 3.63) is 123 Å². The third kappa shape index (κ3) is 6.96. The lowest BCUT2D eigenvalue weighted by atomic mass is 9.91. The SMILES string of the molecule is Cc1n[nH]c(C)c1-c1ccc(NC(=O)C(Cc2cc(-c3cccc(C(C)(C)N=[N+]=[N-])c3)ccc2Cl)NC(=O)c2ccnn2C)cc1. The summed E-state index contributed by atoms with van der Waals surface area (Å²) >= 11 is 6.67. The van der Waals surface area contributed by atoms with Crippen LogP contribution in [0.2, 0.25) is 5.02 Å². The van der Waals surface area contributed by atoms with E-state index in [2.05, 4.69) is 36.0 Å². The molecule has 0 bridgehead atoms. The number of carbonyl (C=O) groups is 2. The first kappa shape index (κ1) is 32.0. The minimum atomic E-state index is -0.969. The van der Waals surface area contributed by atoms with E-state index in [0.717, 1.165) is 39.2 Å². The number of nitrogens with one attached hydrogen (secondary N) is 3. The molecule has 11 nitrogen and oxygen atoms in total. The summed E-state index contributed by atoms with van der Waals surface area (Å²) in [7, 11) is 1.66. The van der Waals surface area contributed by atoms with E-state index in [9.17, 15) is 9.59 Å². The molecule has 5 rings (SSSR count). The van der Waals surface area contributed by atoms with Gasteiger partial charge in [-0.1, -0.05) is 73.0 Å². The van der Waals surface area contributed by atoms with Gasteiger partial charge >= 0.3 is 0 Å². The van der Waals surface area contributed by atoms with Gasteiger partial charge in [-0.2, -0.15) is 10.2 Å². The van der Waals surface area contributed by atoms with Gasteiger partial charge in [0.25, 0.3) is 5.91 Å². The van der Waals surface area contributed by atoms with Crippen LogP contribution in [0.1, 0.15) is 46.9 Å². The Balaban J connectivity index is 1.43. The van der Waals surface area contributed by atoms with Crippen LogP contribution in [-0.4, -0.2) is 37.8 Å². The minimum Gasteiger partial charge on any atom is -0.339 e. The van der Waals surface area contributed by atoms with Crippen LogP contribution in [0.15, 0.2) is 84.1 Å². The number of amides is 2. The summed E-state index contributed by atoms with van der Waals surface area (Å²) in [5.41, 5.74) is 16.3. The Morgan fingerprint density at radius 3 is 2.41 bits per heavy atom. The van der Waals surface area contributed by atoms with Crippen LogP contribution >= 0.6 is 11.6 Å². The molecule has 0 fully saturated rings. The summed E-state index contributed by atoms with van der Waals surface area (Å²) in [4.78, 5) is 30.0. The lowest BCUT2D eigenvalue weighted by Gasteiger charge is -2.21. The molecule has 0 aliphatic carbocycles. The van der Waals surface area contributed by atoms with Gasteiger partial charge in [-0.05, 0) is 77.5 Å². The molecule has 3 N–H and O–H groups in total. The Labute approximate surface area is 271 Å². The molecule has 2 aromatic heterocycles. The van der Waals surface area contributed by atoms with Crippen molar-refractivity contribution in [3.8, 4) is 22.3 Å². The molecule has 0 radical (unpaired) electrons. The first-order chi connectivity index (χ1) is 22.0. The van der Waals surface area contributed by atoms with Gasteiger partial charge < -0.3 is 10.6 Å². The highest BCUT2D eigenvalue weighted by molar-refractivity contribution is 6.31. The highest BCUT2D eigenvalue weighted by atomic mass is 35.5. The van der Waals surface area contributed by atoms with Crippen LogP contribution in [0, 0.1) is 13.8 Å². The summed E-state index contributed by atoms with van der Waals surface area (Å²) in [5.74, 6) is -0.847. The quantitative estimate of drug-likeness (QED) is 0.0838. The number of carbonyl (C=O) groups excluding carboxylic acids is 2. The summed E-state index contributed by atoms with van der Waals surface area (Å²) in [6.45, 7) is 7.59. The largest absolute Gasteiger partial charge is 0.339 e. The van der Waals surface area contributed by atoms with Gasteiger partial charge in [-0.25, -0.2) is 0 Å². The van der Waals surface area contributed by atoms with Gasteiger partial charge in [0.05, 0.1) is 11.2 Å². The predicted octanol–water partition coefficient (Wildman–Crippen LogP) is 7.27. The van der Waals surface area contributed by atoms with Crippen molar-refractivity contribution in [3.63, 3.8) is 0 Å². The Hall–Kier alpha value is -5.38. The molecule has 0 spiro atoms. The second-order valence-electron chi connectivity index (χ2n) is 11.6. The van der Waals surface area contributed by atoms with E-state index < -0.39 is 23.4 Å². The molecule has 1 unspecified atom stereocenters. The lowest BCUT2D eigenvalue weighted by molar-refractivity contribution is -0.118. The third-order valence-electron chi connectivity index (χ3n) is 7.91. The average Bonchev–Trinajstić information content (AvgIpc) is 3.62. The Morgan fingerprint density at radius 1 is 1.04 bits per heavy atom. The van der Waals surface area contributed by atoms with Crippen molar-refractivity contribution in [2.75, 3.05) is 5.32 Å². The summed E-state index contributed by atoms with van der Waals surface area (Å²) in [6, 6.07) is 21.4. The normalized spacial score (nSPS) is 11.9. The number of aromatic amines is 1. The fraction of sp³-hybridized carbons (Fsp3) is 0.235. The second kappa shape index (κ2) is 13.3. The number of nitrogens with zero attached hydrogens (tertiary/aromatic N) is 6. The predicted molar refractivity (Wildman–Crippen MR) is 179 cm³/mol. The number of H-pyrrole nitrogens is 1. The Bertz CT molecular complexity index is 1930. The monoisotopic (exact) mass is 635 g/mol. The lowest BCUT2D eigenvalue weighted by Crippen LogP contribution is -2.45. The Morgan fingerprint density at radius 2 is 1.76 bits per heavy atom. The Kier molecular flexibility index (Phi) is 9.27. The molecule has 2 amide bonds. The van der Waals surface area contributed by atoms with E-state index in [-0.39, 0.29) is 6.42 Å². The molecule has 46 heavy (non-hydrogen) atoms. The number of anilines is 1. The van der Waals surface area contributed by atoms with Crippen LogP contribution < -0.4 is 10.6 Å². The van der Waals surface area contributed by atoms with Crippen molar-refractivity contribution in [2.45, 2.75) is 45.7 Å². The molecule has 0 aliphatic rings. The van der Waals surface area contributed by atoms with Crippen molar-refractivity contribution >= 4 is 29.1 Å². The van der Waals surface area contributed by atoms with Crippen LogP contribution in [0.3, 0.4) is 0 Å². The van der Waals surface area contributed by atoms with Crippen LogP contribution in [0.4, 0.5) is 5.69 Å². The number of aromatic nitrogens is 4. The molecular formula is C34H34ClN9O2. The molecule has 3 aromatic carbocycles. The molecule has 12 heteroatoms. The summed E-state index contributed by atoms with van der Waals surface area (Å²) < 4.78 is 1.45. The van der Waals surface area contributed by atoms with Crippen molar-refractivity contribution < 1.29 is 9.59 Å². The number of hydrogen-bond acceptors (Lipinski definition) is 5. The van der Waals surface area contributed by atoms with Gasteiger partial charge in [-0.15, -0.1) is 0 Å².